The summed E-state index contributed by atoms with van der Waals surface area (Å²) >= 11 is 13.4. The first-order valence-corrected chi connectivity index (χ1v) is 8.50. The molecule has 0 spiro atoms. The van der Waals surface area contributed by atoms with Gasteiger partial charge in [0.25, 0.3) is 0 Å². The summed E-state index contributed by atoms with van der Waals surface area (Å²) in [5.41, 5.74) is 0. The van der Waals surface area contributed by atoms with Crippen LogP contribution in [-0.2, 0) is 0 Å². The molecule has 1 aromatic heterocycles. The SMILES string of the molecule is CC(C)n1cnnc1SCC(O)COc1c(Cl)cccc1Cl. The molecule has 8 heteroatoms. The second-order valence-corrected chi connectivity index (χ2v) is 6.74. The van der Waals surface area contributed by atoms with Crippen LogP contribution in [-0.4, -0.2) is 38.3 Å². The number of rotatable bonds is 7. The van der Waals surface area contributed by atoms with Gasteiger partial charge in [0.05, 0.1) is 16.1 Å². The minimum Gasteiger partial charge on any atom is -0.488 e. The van der Waals surface area contributed by atoms with Crippen LogP contribution in [0.25, 0.3) is 0 Å². The quantitative estimate of drug-likeness (QED) is 0.761. The summed E-state index contributed by atoms with van der Waals surface area (Å²) in [5, 5.41) is 19.6. The van der Waals surface area contributed by atoms with E-state index in [0.717, 1.165) is 5.16 Å². The molecular weight excluding hydrogens is 345 g/mol. The number of thioether (sulfide) groups is 1. The van der Waals surface area contributed by atoms with Crippen molar-refractivity contribution in [3.63, 3.8) is 0 Å². The first-order chi connectivity index (χ1) is 10.5. The molecule has 1 unspecified atom stereocenters. The summed E-state index contributed by atoms with van der Waals surface area (Å²) < 4.78 is 7.45. The number of nitrogens with zero attached hydrogens (tertiary/aromatic N) is 3. The highest BCUT2D eigenvalue weighted by atomic mass is 35.5. The van der Waals surface area contributed by atoms with E-state index < -0.39 is 6.10 Å². The molecule has 1 heterocycles. The van der Waals surface area contributed by atoms with Crippen LogP contribution < -0.4 is 4.74 Å². The molecule has 5 nitrogen and oxygen atoms in total. The fourth-order valence-corrected chi connectivity index (χ4v) is 3.16. The van der Waals surface area contributed by atoms with Crippen molar-refractivity contribution in [1.29, 1.82) is 0 Å². The second kappa shape index (κ2) is 8.06. The fraction of sp³-hybridized carbons (Fsp3) is 0.429. The van der Waals surface area contributed by atoms with E-state index in [2.05, 4.69) is 10.2 Å². The molecular formula is C14H17Cl2N3O2S. The second-order valence-electron chi connectivity index (χ2n) is 4.94. The summed E-state index contributed by atoms with van der Waals surface area (Å²) in [6.07, 6.45) is 1.01. The van der Waals surface area contributed by atoms with Crippen LogP contribution in [0, 0.1) is 0 Å². The van der Waals surface area contributed by atoms with Crippen LogP contribution in [0.4, 0.5) is 0 Å². The van der Waals surface area contributed by atoms with Gasteiger partial charge in [-0.2, -0.15) is 0 Å². The van der Waals surface area contributed by atoms with Gasteiger partial charge >= 0.3 is 0 Å². The molecule has 0 saturated heterocycles. The van der Waals surface area contributed by atoms with Gasteiger partial charge in [0.15, 0.2) is 10.9 Å². The average molecular weight is 362 g/mol. The van der Waals surface area contributed by atoms with Crippen molar-refractivity contribution >= 4 is 35.0 Å². The Morgan fingerprint density at radius 2 is 2.00 bits per heavy atom. The maximum absolute atomic E-state index is 10.0. The Hall–Kier alpha value is -0.950. The number of benzene rings is 1. The molecule has 0 aliphatic carbocycles. The molecule has 1 aromatic carbocycles. The zero-order chi connectivity index (χ0) is 16.1. The van der Waals surface area contributed by atoms with Crippen molar-refractivity contribution in [3.05, 3.63) is 34.6 Å². The molecule has 1 N–H and O–H groups in total. The van der Waals surface area contributed by atoms with E-state index in [-0.39, 0.29) is 12.6 Å². The summed E-state index contributed by atoms with van der Waals surface area (Å²) in [5.74, 6) is 0.827. The van der Waals surface area contributed by atoms with Crippen molar-refractivity contribution in [2.75, 3.05) is 12.4 Å². The molecule has 0 aliphatic rings. The van der Waals surface area contributed by atoms with Gasteiger partial charge in [-0.1, -0.05) is 41.0 Å². The number of aromatic nitrogens is 3. The zero-order valence-corrected chi connectivity index (χ0v) is 14.6. The molecule has 2 aromatic rings. The van der Waals surface area contributed by atoms with Crippen molar-refractivity contribution in [2.24, 2.45) is 0 Å². The third-order valence-electron chi connectivity index (χ3n) is 2.84. The lowest BCUT2D eigenvalue weighted by Gasteiger charge is -2.14. The Kier molecular flexibility index (Phi) is 6.37. The van der Waals surface area contributed by atoms with E-state index in [1.54, 1.807) is 24.5 Å². The first-order valence-electron chi connectivity index (χ1n) is 6.76. The van der Waals surface area contributed by atoms with Gasteiger partial charge in [0, 0.05) is 11.8 Å². The lowest BCUT2D eigenvalue weighted by atomic mass is 10.3. The van der Waals surface area contributed by atoms with Gasteiger partial charge in [-0.25, -0.2) is 0 Å². The van der Waals surface area contributed by atoms with Crippen LogP contribution in [0.15, 0.2) is 29.7 Å². The molecule has 0 radical (unpaired) electrons. The van der Waals surface area contributed by atoms with Crippen molar-refractivity contribution in [1.82, 2.24) is 14.8 Å². The zero-order valence-electron chi connectivity index (χ0n) is 12.2. The van der Waals surface area contributed by atoms with Crippen molar-refractivity contribution in [3.8, 4) is 5.75 Å². The molecule has 2 rings (SSSR count). The summed E-state index contributed by atoms with van der Waals surface area (Å²) in [4.78, 5) is 0. The third kappa shape index (κ3) is 4.52. The van der Waals surface area contributed by atoms with Crippen LogP contribution in [0.5, 0.6) is 5.75 Å². The average Bonchev–Trinajstić information content (AvgIpc) is 2.93. The highest BCUT2D eigenvalue weighted by molar-refractivity contribution is 7.99. The topological polar surface area (TPSA) is 60.2 Å². The molecule has 120 valence electrons. The van der Waals surface area contributed by atoms with Crippen LogP contribution in [0.3, 0.4) is 0 Å². The fourth-order valence-electron chi connectivity index (χ4n) is 1.71. The van der Waals surface area contributed by atoms with Gasteiger partial charge in [0.2, 0.25) is 0 Å². The highest BCUT2D eigenvalue weighted by Crippen LogP contribution is 2.32. The predicted octanol–water partition coefficient (Wildman–Crippen LogP) is 3.70. The number of hydrogen-bond acceptors (Lipinski definition) is 5. The Labute approximate surface area is 143 Å². The van der Waals surface area contributed by atoms with Crippen LogP contribution >= 0.6 is 35.0 Å². The Bertz CT molecular complexity index is 602. The predicted molar refractivity (Wildman–Crippen MR) is 89.1 cm³/mol. The normalized spacial score (nSPS) is 12.6. The van der Waals surface area contributed by atoms with Gasteiger partial charge in [-0.15, -0.1) is 10.2 Å². The third-order valence-corrected chi connectivity index (χ3v) is 4.54. The first kappa shape index (κ1) is 17.4. The Balaban J connectivity index is 1.86. The number of para-hydroxylation sites is 1. The largest absolute Gasteiger partial charge is 0.488 e. The molecule has 0 fully saturated rings. The molecule has 0 aliphatic heterocycles. The molecule has 0 amide bonds. The van der Waals surface area contributed by atoms with E-state index in [4.69, 9.17) is 27.9 Å². The standard InChI is InChI=1S/C14H17Cl2N3O2S/c1-9(2)19-8-17-18-14(19)22-7-10(20)6-21-13-11(15)4-3-5-12(13)16/h3-5,8-10,20H,6-7H2,1-2H3. The minimum atomic E-state index is -0.672. The van der Waals surface area contributed by atoms with Gasteiger partial charge in [-0.05, 0) is 26.0 Å². The number of hydrogen-bond donors (Lipinski definition) is 1. The highest BCUT2D eigenvalue weighted by Gasteiger charge is 2.13. The smallest absolute Gasteiger partial charge is 0.191 e. The van der Waals surface area contributed by atoms with Crippen molar-refractivity contribution in [2.45, 2.75) is 31.1 Å². The molecule has 0 saturated carbocycles. The number of ether oxygens (including phenoxy) is 1. The number of halogens is 2. The van der Waals surface area contributed by atoms with E-state index in [1.807, 2.05) is 18.4 Å². The monoisotopic (exact) mass is 361 g/mol. The van der Waals surface area contributed by atoms with E-state index in [9.17, 15) is 5.11 Å². The Morgan fingerprint density at radius 1 is 1.32 bits per heavy atom. The summed E-state index contributed by atoms with van der Waals surface area (Å²) in [6.45, 7) is 4.20. The lowest BCUT2D eigenvalue weighted by molar-refractivity contribution is 0.126. The van der Waals surface area contributed by atoms with E-state index >= 15 is 0 Å². The van der Waals surface area contributed by atoms with Crippen LogP contribution in [0.2, 0.25) is 10.0 Å². The summed E-state index contributed by atoms with van der Waals surface area (Å²) in [6, 6.07) is 5.39. The number of aliphatic hydroxyl groups excluding tert-OH is 1. The molecule has 0 bridgehead atoms. The maximum atomic E-state index is 10.0. The maximum Gasteiger partial charge on any atom is 0.191 e. The molecule has 1 atom stereocenters. The van der Waals surface area contributed by atoms with Gasteiger partial charge < -0.3 is 14.4 Å². The lowest BCUT2D eigenvalue weighted by Crippen LogP contribution is -2.20. The van der Waals surface area contributed by atoms with Crippen LogP contribution in [0.1, 0.15) is 19.9 Å². The van der Waals surface area contributed by atoms with E-state index in [1.165, 1.54) is 11.8 Å². The Morgan fingerprint density at radius 3 is 2.64 bits per heavy atom. The summed E-state index contributed by atoms with van der Waals surface area (Å²) in [7, 11) is 0. The minimum absolute atomic E-state index is 0.103. The van der Waals surface area contributed by atoms with Gasteiger partial charge in [0.1, 0.15) is 12.9 Å². The number of aliphatic hydroxyl groups is 1. The molecule has 22 heavy (non-hydrogen) atoms. The van der Waals surface area contributed by atoms with E-state index in [0.29, 0.717) is 21.5 Å². The van der Waals surface area contributed by atoms with Gasteiger partial charge in [-0.3, -0.25) is 0 Å². The van der Waals surface area contributed by atoms with Crippen molar-refractivity contribution < 1.29 is 9.84 Å².